The molecule has 0 saturated carbocycles. The van der Waals surface area contributed by atoms with Crippen LogP contribution in [0.3, 0.4) is 0 Å². The average molecular weight is 529 g/mol. The number of nitrogens with zero attached hydrogens (tertiary/aromatic N) is 3. The maximum Gasteiger partial charge on any atom is 0.407 e. The number of carbonyl (C=O) groups is 2. The lowest BCUT2D eigenvalue weighted by atomic mass is 10.2. The fourth-order valence-electron chi connectivity index (χ4n) is 3.52. The Morgan fingerprint density at radius 2 is 1.79 bits per heavy atom. The van der Waals surface area contributed by atoms with Crippen LogP contribution in [0.2, 0.25) is 0 Å². The Kier molecular flexibility index (Phi) is 13.8. The lowest BCUT2D eigenvalue weighted by Crippen LogP contribution is -2.42. The van der Waals surface area contributed by atoms with Gasteiger partial charge in [-0.05, 0) is 43.9 Å². The van der Waals surface area contributed by atoms with Crippen LogP contribution >= 0.6 is 0 Å². The second-order valence-electron chi connectivity index (χ2n) is 8.41. The summed E-state index contributed by atoms with van der Waals surface area (Å²) in [5, 5.41) is 22.9. The summed E-state index contributed by atoms with van der Waals surface area (Å²) in [4.78, 5) is 24.6. The van der Waals surface area contributed by atoms with Gasteiger partial charge in [0, 0.05) is 13.2 Å². The first-order chi connectivity index (χ1) is 18.5. The minimum absolute atomic E-state index is 0.0241. The van der Waals surface area contributed by atoms with Gasteiger partial charge >= 0.3 is 6.09 Å². The molecule has 2 unspecified atom stereocenters. The normalized spacial score (nSPS) is 12.2. The van der Waals surface area contributed by atoms with Gasteiger partial charge in [-0.15, -0.1) is 10.2 Å². The van der Waals surface area contributed by atoms with E-state index < -0.39 is 18.2 Å². The third kappa shape index (κ3) is 9.73. The first-order valence-electron chi connectivity index (χ1n) is 13.0. The van der Waals surface area contributed by atoms with Crippen LogP contribution in [-0.4, -0.2) is 57.5 Å². The molecule has 5 N–H and O–H groups in total. The Hall–Kier alpha value is -3.54. The molecular formula is C27H40N6O5. The molecule has 208 valence electrons. The Bertz CT molecular complexity index is 1110. The maximum atomic E-state index is 12.4. The molecule has 3 rings (SSSR count). The number of aromatic nitrogens is 3. The number of unbranched alkanes of at least 4 members (excludes halogenated alkanes) is 2. The highest BCUT2D eigenvalue weighted by Crippen LogP contribution is 2.18. The van der Waals surface area contributed by atoms with Crippen LogP contribution in [0.5, 0.6) is 0 Å². The molecule has 1 aromatic carbocycles. The number of pyridine rings is 1. The number of aliphatic hydroxyl groups excluding tert-OH is 1. The van der Waals surface area contributed by atoms with Crippen LogP contribution in [0.4, 0.5) is 4.79 Å². The number of aliphatic hydroxyl groups is 1. The van der Waals surface area contributed by atoms with Gasteiger partial charge in [0.05, 0.1) is 24.9 Å². The zero-order chi connectivity index (χ0) is 27.8. The van der Waals surface area contributed by atoms with Crippen molar-refractivity contribution in [3.05, 3.63) is 65.6 Å². The molecule has 0 aliphatic rings. The smallest absolute Gasteiger partial charge is 0.407 e. The highest BCUT2D eigenvalue weighted by atomic mass is 16.5. The van der Waals surface area contributed by atoms with Gasteiger partial charge in [0.2, 0.25) is 5.91 Å². The summed E-state index contributed by atoms with van der Waals surface area (Å²) < 4.78 is 13.0. The number of amides is 2. The third-order valence-corrected chi connectivity index (χ3v) is 5.43. The van der Waals surface area contributed by atoms with E-state index in [-0.39, 0.29) is 25.7 Å². The number of rotatable bonds is 14. The van der Waals surface area contributed by atoms with Crippen molar-refractivity contribution in [3.8, 4) is 0 Å². The maximum absolute atomic E-state index is 12.4. The number of hydrogen-bond donors (Lipinski definition) is 4. The van der Waals surface area contributed by atoms with Gasteiger partial charge < -0.3 is 30.9 Å². The Morgan fingerprint density at radius 3 is 2.50 bits per heavy atom. The van der Waals surface area contributed by atoms with E-state index in [2.05, 4.69) is 20.8 Å². The van der Waals surface area contributed by atoms with Crippen LogP contribution in [-0.2, 0) is 27.5 Å². The number of ether oxygens (including phenoxy) is 2. The largest absolute Gasteiger partial charge is 0.443 e. The topological polar surface area (TPSA) is 153 Å². The Balaban J connectivity index is 0.00000247. The highest BCUT2D eigenvalue weighted by Gasteiger charge is 2.24. The SMILES string of the molecule is CC.CC(N)C(=O)NC(COCc1ccccc1)c1nnc2cccc(COC(=O)NCCCCCO)n12. The number of nitrogens with one attached hydrogen (secondary N) is 2. The lowest BCUT2D eigenvalue weighted by molar-refractivity contribution is -0.123. The summed E-state index contributed by atoms with van der Waals surface area (Å²) in [5.41, 5.74) is 7.94. The van der Waals surface area contributed by atoms with Crippen LogP contribution in [0, 0.1) is 0 Å². The predicted molar refractivity (Wildman–Crippen MR) is 144 cm³/mol. The minimum atomic E-state index is -0.718. The molecule has 38 heavy (non-hydrogen) atoms. The van der Waals surface area contributed by atoms with E-state index >= 15 is 0 Å². The summed E-state index contributed by atoms with van der Waals surface area (Å²) in [5.74, 6) is 0.0880. The van der Waals surface area contributed by atoms with E-state index in [1.54, 1.807) is 29.5 Å². The highest BCUT2D eigenvalue weighted by molar-refractivity contribution is 5.81. The summed E-state index contributed by atoms with van der Waals surface area (Å²) >= 11 is 0. The Morgan fingerprint density at radius 1 is 1.03 bits per heavy atom. The second-order valence-corrected chi connectivity index (χ2v) is 8.41. The quantitative estimate of drug-likeness (QED) is 0.233. The molecule has 0 saturated heterocycles. The molecule has 0 radical (unpaired) electrons. The van der Waals surface area contributed by atoms with Gasteiger partial charge in [-0.25, -0.2) is 4.79 Å². The zero-order valence-electron chi connectivity index (χ0n) is 22.4. The molecule has 0 aliphatic carbocycles. The number of nitrogens with two attached hydrogens (primary N) is 1. The standard InChI is InChI=1S/C25H34N6O5.C2H6/c1-18(26)24(33)28-21(17-35-15-19-9-4-2-5-10-19)23-30-29-22-12-8-11-20(31(22)23)16-36-25(34)27-13-6-3-7-14-32;1-2/h2,4-5,8-12,18,21,32H,3,6-7,13-17,26H2,1H3,(H,27,34)(H,28,33);1-2H3. The monoisotopic (exact) mass is 528 g/mol. The average Bonchev–Trinajstić information content (AvgIpc) is 3.37. The molecular weight excluding hydrogens is 488 g/mol. The summed E-state index contributed by atoms with van der Waals surface area (Å²) in [6.45, 7) is 6.67. The van der Waals surface area contributed by atoms with Crippen molar-refractivity contribution in [2.24, 2.45) is 5.73 Å². The molecule has 0 spiro atoms. The van der Waals surface area contributed by atoms with E-state index in [0.29, 0.717) is 36.7 Å². The molecule has 2 amide bonds. The first-order valence-corrected chi connectivity index (χ1v) is 13.0. The molecule has 2 aromatic heterocycles. The molecule has 11 nitrogen and oxygen atoms in total. The molecule has 2 atom stereocenters. The van der Waals surface area contributed by atoms with Gasteiger partial charge in [0.15, 0.2) is 11.5 Å². The number of benzene rings is 1. The van der Waals surface area contributed by atoms with Crippen molar-refractivity contribution in [1.29, 1.82) is 0 Å². The van der Waals surface area contributed by atoms with Crippen molar-refractivity contribution in [2.75, 3.05) is 19.8 Å². The van der Waals surface area contributed by atoms with E-state index in [9.17, 15) is 9.59 Å². The number of fused-ring (bicyclic) bond motifs is 1. The van der Waals surface area contributed by atoms with Crippen LogP contribution in [0.1, 0.15) is 63.2 Å². The number of alkyl carbamates (subject to hydrolysis) is 1. The Labute approximate surface area is 223 Å². The van der Waals surface area contributed by atoms with Crippen LogP contribution in [0.15, 0.2) is 48.5 Å². The lowest BCUT2D eigenvalue weighted by Gasteiger charge is -2.20. The van der Waals surface area contributed by atoms with Crippen molar-refractivity contribution >= 4 is 17.6 Å². The molecule has 0 bridgehead atoms. The second kappa shape index (κ2) is 17.1. The van der Waals surface area contributed by atoms with Crippen LogP contribution in [0.25, 0.3) is 5.65 Å². The van der Waals surface area contributed by atoms with Crippen molar-refractivity contribution in [3.63, 3.8) is 0 Å². The molecule has 0 aliphatic heterocycles. The fraction of sp³-hybridized carbons (Fsp3) is 0.481. The van der Waals surface area contributed by atoms with Crippen molar-refractivity contribution in [1.82, 2.24) is 25.2 Å². The summed E-state index contributed by atoms with van der Waals surface area (Å²) in [6.07, 6.45) is 1.73. The molecule has 11 heteroatoms. The van der Waals surface area contributed by atoms with Gasteiger partial charge in [-0.1, -0.05) is 50.2 Å². The van der Waals surface area contributed by atoms with Gasteiger partial charge in [-0.2, -0.15) is 0 Å². The minimum Gasteiger partial charge on any atom is -0.443 e. The predicted octanol–water partition coefficient (Wildman–Crippen LogP) is 2.87. The zero-order valence-corrected chi connectivity index (χ0v) is 22.4. The number of hydrogen-bond acceptors (Lipinski definition) is 8. The fourth-order valence-corrected chi connectivity index (χ4v) is 3.52. The van der Waals surface area contributed by atoms with Gasteiger partial charge in [0.1, 0.15) is 12.6 Å². The van der Waals surface area contributed by atoms with Crippen LogP contribution < -0.4 is 16.4 Å². The third-order valence-electron chi connectivity index (χ3n) is 5.43. The summed E-state index contributed by atoms with van der Waals surface area (Å²) in [7, 11) is 0. The van der Waals surface area contributed by atoms with E-state index in [1.807, 2.05) is 44.2 Å². The first kappa shape index (κ1) is 30.7. The van der Waals surface area contributed by atoms with Crippen molar-refractivity contribution < 1.29 is 24.2 Å². The number of carbonyl (C=O) groups excluding carboxylic acids is 2. The van der Waals surface area contributed by atoms with Gasteiger partial charge in [0.25, 0.3) is 0 Å². The van der Waals surface area contributed by atoms with Gasteiger partial charge in [-0.3, -0.25) is 9.20 Å². The summed E-state index contributed by atoms with van der Waals surface area (Å²) in [6, 6.07) is 13.7. The molecule has 2 heterocycles. The van der Waals surface area contributed by atoms with E-state index in [1.165, 1.54) is 0 Å². The molecule has 0 fully saturated rings. The van der Waals surface area contributed by atoms with E-state index in [4.69, 9.17) is 20.3 Å². The van der Waals surface area contributed by atoms with Crippen molar-refractivity contribution in [2.45, 2.75) is 65.3 Å². The van der Waals surface area contributed by atoms with E-state index in [0.717, 1.165) is 18.4 Å². The molecule has 3 aromatic rings.